The van der Waals surface area contributed by atoms with Gasteiger partial charge in [0.05, 0.1) is 5.02 Å². The van der Waals surface area contributed by atoms with Crippen LogP contribution in [0.25, 0.3) is 11.5 Å². The lowest BCUT2D eigenvalue weighted by molar-refractivity contribution is 0.491. The molecule has 0 aliphatic heterocycles. The SMILES string of the molecule is CCCNCCCc1nnc(-c2ccc(Br)c(Cl)c2)o1. The van der Waals surface area contributed by atoms with Gasteiger partial charge in [-0.25, -0.2) is 0 Å². The minimum Gasteiger partial charge on any atom is -0.421 e. The standard InChI is InChI=1S/C14H17BrClN3O/c1-2-7-17-8-3-4-13-18-19-14(20-13)10-5-6-11(15)12(16)9-10/h5-6,9,17H,2-4,7-8H2,1H3. The zero-order valence-corrected chi connectivity index (χ0v) is 13.7. The van der Waals surface area contributed by atoms with Gasteiger partial charge in [-0.2, -0.15) is 0 Å². The van der Waals surface area contributed by atoms with E-state index in [0.29, 0.717) is 16.8 Å². The third-order valence-corrected chi connectivity index (χ3v) is 4.04. The van der Waals surface area contributed by atoms with Crippen molar-refractivity contribution in [1.29, 1.82) is 0 Å². The second kappa shape index (κ2) is 7.76. The number of aryl methyl sites for hydroxylation is 1. The molecule has 0 unspecified atom stereocenters. The molecule has 0 atom stereocenters. The minimum absolute atomic E-state index is 0.510. The quantitative estimate of drug-likeness (QED) is 0.758. The molecule has 0 bridgehead atoms. The van der Waals surface area contributed by atoms with Crippen molar-refractivity contribution in [3.63, 3.8) is 0 Å². The molecule has 0 fully saturated rings. The van der Waals surface area contributed by atoms with Crippen LogP contribution in [0.3, 0.4) is 0 Å². The van der Waals surface area contributed by atoms with Gasteiger partial charge >= 0.3 is 0 Å². The van der Waals surface area contributed by atoms with E-state index in [2.05, 4.69) is 38.4 Å². The van der Waals surface area contributed by atoms with Crippen LogP contribution in [0, 0.1) is 0 Å². The Morgan fingerprint density at radius 1 is 1.30 bits per heavy atom. The van der Waals surface area contributed by atoms with E-state index in [9.17, 15) is 0 Å². The van der Waals surface area contributed by atoms with Gasteiger partial charge in [-0.05, 0) is 60.1 Å². The van der Waals surface area contributed by atoms with Crippen molar-refractivity contribution >= 4 is 27.5 Å². The summed E-state index contributed by atoms with van der Waals surface area (Å²) in [5, 5.41) is 12.1. The summed E-state index contributed by atoms with van der Waals surface area (Å²) in [4.78, 5) is 0. The van der Waals surface area contributed by atoms with Gasteiger partial charge in [0.2, 0.25) is 11.8 Å². The smallest absolute Gasteiger partial charge is 0.247 e. The van der Waals surface area contributed by atoms with Gasteiger partial charge in [-0.3, -0.25) is 0 Å². The van der Waals surface area contributed by atoms with Crippen molar-refractivity contribution in [2.75, 3.05) is 13.1 Å². The first-order valence-corrected chi connectivity index (χ1v) is 7.86. The van der Waals surface area contributed by atoms with Crippen LogP contribution in [0.5, 0.6) is 0 Å². The Bertz CT molecular complexity index is 559. The number of halogens is 2. The van der Waals surface area contributed by atoms with Gasteiger partial charge in [-0.15, -0.1) is 10.2 Å². The van der Waals surface area contributed by atoms with E-state index in [1.54, 1.807) is 0 Å². The lowest BCUT2D eigenvalue weighted by atomic mass is 10.2. The Morgan fingerprint density at radius 2 is 2.15 bits per heavy atom. The first-order chi connectivity index (χ1) is 9.70. The van der Waals surface area contributed by atoms with Crippen LogP contribution in [0.4, 0.5) is 0 Å². The highest BCUT2D eigenvalue weighted by Gasteiger charge is 2.09. The van der Waals surface area contributed by atoms with Gasteiger partial charge in [-0.1, -0.05) is 18.5 Å². The van der Waals surface area contributed by atoms with Crippen molar-refractivity contribution in [3.05, 3.63) is 33.6 Å². The molecule has 0 radical (unpaired) electrons. The highest BCUT2D eigenvalue weighted by atomic mass is 79.9. The average molecular weight is 359 g/mol. The molecule has 4 nitrogen and oxygen atoms in total. The van der Waals surface area contributed by atoms with E-state index in [1.165, 1.54) is 0 Å². The van der Waals surface area contributed by atoms with Crippen LogP contribution in [-0.4, -0.2) is 23.3 Å². The van der Waals surface area contributed by atoms with Crippen molar-refractivity contribution < 1.29 is 4.42 Å². The van der Waals surface area contributed by atoms with E-state index in [4.69, 9.17) is 16.0 Å². The molecule has 20 heavy (non-hydrogen) atoms. The van der Waals surface area contributed by atoms with E-state index in [0.717, 1.165) is 42.4 Å². The molecule has 1 aromatic carbocycles. The monoisotopic (exact) mass is 357 g/mol. The molecular formula is C14H17BrClN3O. The van der Waals surface area contributed by atoms with Gasteiger partial charge in [0.25, 0.3) is 0 Å². The van der Waals surface area contributed by atoms with Crippen LogP contribution in [-0.2, 0) is 6.42 Å². The summed E-state index contributed by atoms with van der Waals surface area (Å²) in [6.45, 7) is 4.17. The molecule has 0 saturated heterocycles. The number of rotatable bonds is 7. The maximum absolute atomic E-state index is 6.06. The van der Waals surface area contributed by atoms with E-state index in [1.807, 2.05) is 18.2 Å². The van der Waals surface area contributed by atoms with Crippen LogP contribution >= 0.6 is 27.5 Å². The van der Waals surface area contributed by atoms with Crippen LogP contribution < -0.4 is 5.32 Å². The third kappa shape index (κ3) is 4.30. The number of benzene rings is 1. The molecule has 0 amide bonds. The molecule has 2 aromatic rings. The normalized spacial score (nSPS) is 10.9. The molecule has 2 rings (SSSR count). The van der Waals surface area contributed by atoms with Crippen LogP contribution in [0.15, 0.2) is 27.1 Å². The summed E-state index contributed by atoms with van der Waals surface area (Å²) in [7, 11) is 0. The first-order valence-electron chi connectivity index (χ1n) is 6.69. The van der Waals surface area contributed by atoms with Crippen molar-refractivity contribution in [2.24, 2.45) is 0 Å². The second-order valence-corrected chi connectivity index (χ2v) is 5.74. The van der Waals surface area contributed by atoms with Gasteiger partial charge in [0.1, 0.15) is 0 Å². The molecule has 6 heteroatoms. The van der Waals surface area contributed by atoms with Crippen molar-refractivity contribution in [3.8, 4) is 11.5 Å². The van der Waals surface area contributed by atoms with E-state index in [-0.39, 0.29) is 0 Å². The third-order valence-electron chi connectivity index (χ3n) is 2.80. The molecule has 108 valence electrons. The Labute approximate surface area is 132 Å². The fourth-order valence-corrected chi connectivity index (χ4v) is 2.19. The Kier molecular flexibility index (Phi) is 6.01. The second-order valence-electron chi connectivity index (χ2n) is 4.48. The van der Waals surface area contributed by atoms with Crippen LogP contribution in [0.1, 0.15) is 25.7 Å². The predicted octanol–water partition coefficient (Wildman–Crippen LogP) is 4.08. The molecular weight excluding hydrogens is 342 g/mol. The summed E-state index contributed by atoms with van der Waals surface area (Å²) in [6, 6.07) is 5.58. The first kappa shape index (κ1) is 15.5. The average Bonchev–Trinajstić information content (AvgIpc) is 2.90. The molecule has 0 aliphatic rings. The fraction of sp³-hybridized carbons (Fsp3) is 0.429. The molecule has 1 N–H and O–H groups in total. The summed E-state index contributed by atoms with van der Waals surface area (Å²) < 4.78 is 6.50. The summed E-state index contributed by atoms with van der Waals surface area (Å²) >= 11 is 9.41. The lowest BCUT2D eigenvalue weighted by Gasteiger charge is -2.00. The fourth-order valence-electron chi connectivity index (χ4n) is 1.77. The zero-order chi connectivity index (χ0) is 14.4. The van der Waals surface area contributed by atoms with E-state index < -0.39 is 0 Å². The molecule has 0 aliphatic carbocycles. The highest BCUT2D eigenvalue weighted by molar-refractivity contribution is 9.10. The number of hydrogen-bond donors (Lipinski definition) is 1. The molecule has 0 spiro atoms. The number of nitrogens with zero attached hydrogens (tertiary/aromatic N) is 2. The molecule has 1 aromatic heterocycles. The Morgan fingerprint density at radius 3 is 2.90 bits per heavy atom. The Balaban J connectivity index is 1.93. The number of aromatic nitrogens is 2. The van der Waals surface area contributed by atoms with Gasteiger partial charge in [0, 0.05) is 16.5 Å². The lowest BCUT2D eigenvalue weighted by Crippen LogP contribution is -2.16. The highest BCUT2D eigenvalue weighted by Crippen LogP contribution is 2.28. The van der Waals surface area contributed by atoms with Crippen molar-refractivity contribution in [2.45, 2.75) is 26.2 Å². The zero-order valence-electron chi connectivity index (χ0n) is 11.3. The predicted molar refractivity (Wildman–Crippen MR) is 83.9 cm³/mol. The maximum Gasteiger partial charge on any atom is 0.247 e. The summed E-state index contributed by atoms with van der Waals surface area (Å²) in [5.41, 5.74) is 0.834. The van der Waals surface area contributed by atoms with E-state index >= 15 is 0 Å². The summed E-state index contributed by atoms with van der Waals surface area (Å²) in [6.07, 6.45) is 2.92. The minimum atomic E-state index is 0.510. The van der Waals surface area contributed by atoms with Gasteiger partial charge in [0.15, 0.2) is 0 Å². The van der Waals surface area contributed by atoms with Crippen LogP contribution in [0.2, 0.25) is 5.02 Å². The maximum atomic E-state index is 6.06. The molecule has 0 saturated carbocycles. The van der Waals surface area contributed by atoms with Crippen molar-refractivity contribution in [1.82, 2.24) is 15.5 Å². The Hall–Kier alpha value is -0.910. The topological polar surface area (TPSA) is 51.0 Å². The number of nitrogens with one attached hydrogen (secondary N) is 1. The van der Waals surface area contributed by atoms with Gasteiger partial charge < -0.3 is 9.73 Å². The summed E-state index contributed by atoms with van der Waals surface area (Å²) in [5.74, 6) is 1.17. The number of hydrogen-bond acceptors (Lipinski definition) is 4. The largest absolute Gasteiger partial charge is 0.421 e. The molecule has 1 heterocycles.